The van der Waals surface area contributed by atoms with Crippen molar-refractivity contribution in [3.05, 3.63) is 9.93 Å². The maximum absolute atomic E-state index is 12.9. The molecule has 1 amide bonds. The molecule has 180 valence electrons. The van der Waals surface area contributed by atoms with Crippen molar-refractivity contribution in [1.29, 1.82) is 0 Å². The van der Waals surface area contributed by atoms with Crippen LogP contribution in [-0.2, 0) is 35.0 Å². The summed E-state index contributed by atoms with van der Waals surface area (Å²) in [5.74, 6) is -0.731. The minimum atomic E-state index is -0.826. The quantitative estimate of drug-likeness (QED) is 0.233. The standard InChI is InChI=1S/C21H32NO7S3/c1-11(23)13-15(24)22-14(18(31-16(13)22)30-12-7-8-32(27)9-12)17(25)28-10-29-19(26)21(5,6)20(2,3)4/h11-13,16,23,27H,7-10H2,1-6H3/q+1/t11-,12+,13+,16-,32?/m1/s1. The van der Waals surface area contributed by atoms with Gasteiger partial charge in [0, 0.05) is 6.42 Å². The summed E-state index contributed by atoms with van der Waals surface area (Å²) in [5.41, 5.74) is -0.985. The Balaban J connectivity index is 1.70. The molecule has 0 bridgehead atoms. The highest BCUT2D eigenvalue weighted by Crippen LogP contribution is 2.55. The molecule has 3 aliphatic rings. The lowest BCUT2D eigenvalue weighted by molar-refractivity contribution is -0.178. The van der Waals surface area contributed by atoms with Gasteiger partial charge >= 0.3 is 11.9 Å². The van der Waals surface area contributed by atoms with Gasteiger partial charge in [0.15, 0.2) is 11.4 Å². The topological polar surface area (TPSA) is 113 Å². The number of rotatable bonds is 7. The van der Waals surface area contributed by atoms with Crippen molar-refractivity contribution in [2.75, 3.05) is 18.3 Å². The largest absolute Gasteiger partial charge is 0.427 e. The number of aliphatic hydroxyl groups excluding tert-OH is 1. The molecule has 2 N–H and O–H groups in total. The smallest absolute Gasteiger partial charge is 0.359 e. The number of β-lactam (4-membered cyclic amide) rings is 1. The second kappa shape index (κ2) is 9.40. The third kappa shape index (κ3) is 4.82. The molecule has 0 saturated carbocycles. The zero-order valence-corrected chi connectivity index (χ0v) is 21.7. The van der Waals surface area contributed by atoms with Crippen LogP contribution in [0, 0.1) is 16.7 Å². The van der Waals surface area contributed by atoms with Crippen LogP contribution in [-0.4, -0.2) is 67.4 Å². The summed E-state index contributed by atoms with van der Waals surface area (Å²) < 4.78 is 21.0. The molecule has 3 aliphatic heterocycles. The number of thioether (sulfide) groups is 2. The second-order valence-corrected chi connectivity index (χ2v) is 14.2. The first kappa shape index (κ1) is 25.7. The summed E-state index contributed by atoms with van der Waals surface area (Å²) in [5, 5.41) is 9.77. The summed E-state index contributed by atoms with van der Waals surface area (Å²) in [6.07, 6.45) is 0.00228. The van der Waals surface area contributed by atoms with Crippen LogP contribution in [0.1, 0.15) is 48.0 Å². The maximum atomic E-state index is 12.9. The molecule has 11 heteroatoms. The van der Waals surface area contributed by atoms with E-state index in [4.69, 9.17) is 9.47 Å². The zero-order chi connectivity index (χ0) is 24.0. The number of amides is 1. The van der Waals surface area contributed by atoms with Crippen molar-refractivity contribution in [3.63, 3.8) is 0 Å². The van der Waals surface area contributed by atoms with E-state index in [0.29, 0.717) is 9.99 Å². The zero-order valence-electron chi connectivity index (χ0n) is 19.2. The Morgan fingerprint density at radius 3 is 2.47 bits per heavy atom. The molecule has 5 atom stereocenters. The highest BCUT2D eigenvalue weighted by molar-refractivity contribution is 8.23. The number of carbonyl (C=O) groups is 3. The van der Waals surface area contributed by atoms with E-state index in [1.54, 1.807) is 20.8 Å². The molecular weight excluding hydrogens is 474 g/mol. The van der Waals surface area contributed by atoms with E-state index < -0.39 is 47.3 Å². The van der Waals surface area contributed by atoms with Crippen LogP contribution in [0.5, 0.6) is 0 Å². The molecule has 0 aromatic heterocycles. The second-order valence-electron chi connectivity index (χ2n) is 9.84. The molecule has 0 spiro atoms. The van der Waals surface area contributed by atoms with Crippen molar-refractivity contribution < 1.29 is 33.5 Å². The first-order valence-corrected chi connectivity index (χ1v) is 13.8. The molecule has 1 unspecified atom stereocenters. The lowest BCUT2D eigenvalue weighted by Crippen LogP contribution is -2.60. The van der Waals surface area contributed by atoms with Crippen LogP contribution >= 0.6 is 23.5 Å². The summed E-state index contributed by atoms with van der Waals surface area (Å²) in [7, 11) is 0. The highest BCUT2D eigenvalue weighted by Gasteiger charge is 2.58. The Hall–Kier alpha value is -0.880. The van der Waals surface area contributed by atoms with Crippen molar-refractivity contribution in [3.8, 4) is 0 Å². The summed E-state index contributed by atoms with van der Waals surface area (Å²) in [4.78, 5) is 39.4. The Morgan fingerprint density at radius 2 is 1.94 bits per heavy atom. The van der Waals surface area contributed by atoms with Crippen molar-refractivity contribution in [2.24, 2.45) is 16.7 Å². The fourth-order valence-electron chi connectivity index (χ4n) is 3.41. The number of aliphatic hydroxyl groups is 1. The monoisotopic (exact) mass is 506 g/mol. The van der Waals surface area contributed by atoms with Crippen LogP contribution in [0.15, 0.2) is 9.93 Å². The number of fused-ring (bicyclic) bond motifs is 1. The van der Waals surface area contributed by atoms with Gasteiger partial charge in [-0.3, -0.25) is 14.5 Å². The van der Waals surface area contributed by atoms with E-state index >= 15 is 0 Å². The van der Waals surface area contributed by atoms with Gasteiger partial charge in [0.05, 0.1) is 26.9 Å². The maximum Gasteiger partial charge on any atom is 0.359 e. The average molecular weight is 507 g/mol. The van der Waals surface area contributed by atoms with Gasteiger partial charge in [0.2, 0.25) is 12.7 Å². The minimum Gasteiger partial charge on any atom is -0.427 e. The van der Waals surface area contributed by atoms with Crippen LogP contribution in [0.25, 0.3) is 0 Å². The van der Waals surface area contributed by atoms with Gasteiger partial charge in [0.1, 0.15) is 22.3 Å². The van der Waals surface area contributed by atoms with E-state index in [-0.39, 0.29) is 27.6 Å². The predicted octanol–water partition coefficient (Wildman–Crippen LogP) is 2.78. The van der Waals surface area contributed by atoms with E-state index in [1.807, 2.05) is 20.8 Å². The molecule has 8 nitrogen and oxygen atoms in total. The normalized spacial score (nSPS) is 29.0. The molecule has 0 aromatic carbocycles. The Labute approximate surface area is 200 Å². The number of hydrogen-bond donors (Lipinski definition) is 2. The third-order valence-electron chi connectivity index (χ3n) is 6.55. The van der Waals surface area contributed by atoms with Crippen molar-refractivity contribution in [1.82, 2.24) is 4.90 Å². The molecule has 2 saturated heterocycles. The number of ether oxygens (including phenoxy) is 2. The lowest BCUT2D eigenvalue weighted by atomic mass is 9.69. The van der Waals surface area contributed by atoms with E-state index in [2.05, 4.69) is 0 Å². The first-order valence-electron chi connectivity index (χ1n) is 10.6. The predicted molar refractivity (Wildman–Crippen MR) is 126 cm³/mol. The van der Waals surface area contributed by atoms with Crippen LogP contribution in [0.3, 0.4) is 0 Å². The number of nitrogens with zero attached hydrogens (tertiary/aromatic N) is 1. The van der Waals surface area contributed by atoms with E-state index in [0.717, 1.165) is 12.2 Å². The summed E-state index contributed by atoms with van der Waals surface area (Å²) >= 11 is 2.22. The molecule has 3 rings (SSSR count). The fraction of sp³-hybridized carbons (Fsp3) is 0.762. The summed E-state index contributed by atoms with van der Waals surface area (Å²) in [6, 6.07) is 0. The van der Waals surface area contributed by atoms with Crippen LogP contribution < -0.4 is 0 Å². The number of hydrogen-bond acceptors (Lipinski definition) is 9. The Kier molecular flexibility index (Phi) is 7.56. The van der Waals surface area contributed by atoms with Gasteiger partial charge in [-0.25, -0.2) is 4.79 Å². The molecule has 3 heterocycles. The van der Waals surface area contributed by atoms with Crippen LogP contribution in [0.2, 0.25) is 0 Å². The third-order valence-corrected chi connectivity index (χ3v) is 11.1. The van der Waals surface area contributed by atoms with Gasteiger partial charge in [-0.2, -0.15) is 4.55 Å². The first-order chi connectivity index (χ1) is 14.8. The van der Waals surface area contributed by atoms with Gasteiger partial charge in [-0.05, 0) is 26.2 Å². The van der Waals surface area contributed by atoms with Gasteiger partial charge in [-0.1, -0.05) is 32.5 Å². The highest BCUT2D eigenvalue weighted by atomic mass is 32.2. The van der Waals surface area contributed by atoms with Crippen LogP contribution in [0.4, 0.5) is 0 Å². The Bertz CT molecular complexity index is 821. The minimum absolute atomic E-state index is 0.141. The Morgan fingerprint density at radius 1 is 1.28 bits per heavy atom. The summed E-state index contributed by atoms with van der Waals surface area (Å²) in [6.45, 7) is 10.4. The fourth-order valence-corrected chi connectivity index (χ4v) is 8.70. The molecule has 0 aliphatic carbocycles. The molecule has 32 heavy (non-hydrogen) atoms. The molecule has 0 aromatic rings. The van der Waals surface area contributed by atoms with Gasteiger partial charge in [0.25, 0.3) is 0 Å². The van der Waals surface area contributed by atoms with Gasteiger partial charge in [-0.15, -0.1) is 11.8 Å². The number of carbonyl (C=O) groups excluding carboxylic acids is 3. The average Bonchev–Trinajstić information content (AvgIpc) is 3.21. The van der Waals surface area contributed by atoms with Crippen molar-refractivity contribution in [2.45, 2.75) is 64.7 Å². The SMILES string of the molecule is C[C@@H](O)[C@H]1C(=O)N2C(C(=O)OCOC(=O)C(C)(C)C(C)(C)C)=C(S[C@H]3CC[S+](O)C3)S[C@H]12. The lowest BCUT2D eigenvalue weighted by Gasteiger charge is -2.43. The molecular formula is C21H32NO7S3+. The van der Waals surface area contributed by atoms with Crippen molar-refractivity contribution >= 4 is 52.5 Å². The van der Waals surface area contributed by atoms with E-state index in [9.17, 15) is 24.0 Å². The number of esters is 2. The van der Waals surface area contributed by atoms with Gasteiger partial charge < -0.3 is 14.6 Å². The molecule has 2 fully saturated rings. The molecule has 0 radical (unpaired) electrons. The van der Waals surface area contributed by atoms with E-state index in [1.165, 1.54) is 28.4 Å².